The Morgan fingerprint density at radius 3 is 2.54 bits per heavy atom. The molecule has 5 fully saturated rings. The third kappa shape index (κ3) is 4.03. The number of hydrogen-bond acceptors (Lipinski definition) is 4. The summed E-state index contributed by atoms with van der Waals surface area (Å²) in [7, 11) is 0. The minimum atomic E-state index is -0.403. The minimum Gasteiger partial charge on any atom is -0.458 e. The Morgan fingerprint density at radius 2 is 1.78 bits per heavy atom. The standard InChI is InChI=1S/C36H49NO4/c1-22-13-18-36(37(21-22)24(3)38)23(2)32-31(41-36)20-30-28-12-11-26-19-27(40-33(39)25-9-7-6-8-10-25)14-16-34(26,4)29(28)15-17-35(30,32)5/h6-11,22-23,27-32H,12-21H2,1-5H3/t22-,23+,27+,28-,29-,30-,31+,32+,34+,35+,36-/m1/s1. The van der Waals surface area contributed by atoms with Gasteiger partial charge in [0.15, 0.2) is 0 Å². The topological polar surface area (TPSA) is 55.8 Å². The van der Waals surface area contributed by atoms with Gasteiger partial charge in [-0.1, -0.05) is 57.5 Å². The van der Waals surface area contributed by atoms with Crippen molar-refractivity contribution in [2.45, 2.75) is 110 Å². The fraction of sp³-hybridized carbons (Fsp3) is 0.722. The van der Waals surface area contributed by atoms with E-state index in [0.717, 1.165) is 51.5 Å². The van der Waals surface area contributed by atoms with E-state index in [1.54, 1.807) is 6.92 Å². The van der Waals surface area contributed by atoms with Gasteiger partial charge >= 0.3 is 5.97 Å². The molecule has 7 rings (SSSR count). The average Bonchev–Trinajstić information content (AvgIpc) is 3.40. The molecular formula is C36H49NO4. The van der Waals surface area contributed by atoms with Crippen LogP contribution in [-0.4, -0.2) is 41.3 Å². The van der Waals surface area contributed by atoms with Gasteiger partial charge in [0, 0.05) is 25.8 Å². The van der Waals surface area contributed by atoms with Gasteiger partial charge in [-0.2, -0.15) is 0 Å². The molecule has 1 aromatic rings. The van der Waals surface area contributed by atoms with Gasteiger partial charge in [0.05, 0.1) is 11.7 Å². The molecule has 3 saturated carbocycles. The van der Waals surface area contributed by atoms with Crippen LogP contribution in [0.5, 0.6) is 0 Å². The number of amides is 1. The van der Waals surface area contributed by atoms with E-state index in [-0.39, 0.29) is 34.9 Å². The normalized spacial score (nSPS) is 46.7. The lowest BCUT2D eigenvalue weighted by molar-refractivity contribution is -0.200. The first-order valence-corrected chi connectivity index (χ1v) is 16.5. The van der Waals surface area contributed by atoms with E-state index in [4.69, 9.17) is 9.47 Å². The van der Waals surface area contributed by atoms with Gasteiger partial charge in [0.1, 0.15) is 11.8 Å². The molecule has 2 saturated heterocycles. The van der Waals surface area contributed by atoms with E-state index in [1.807, 2.05) is 30.3 Å². The van der Waals surface area contributed by atoms with Gasteiger partial charge in [-0.3, -0.25) is 4.79 Å². The highest BCUT2D eigenvalue weighted by Gasteiger charge is 2.69. The number of allylic oxidation sites excluding steroid dienone is 1. The summed E-state index contributed by atoms with van der Waals surface area (Å²) in [5, 5.41) is 0. The maximum atomic E-state index is 12.9. The Hall–Kier alpha value is -2.14. The van der Waals surface area contributed by atoms with Gasteiger partial charge in [-0.05, 0) is 104 Å². The van der Waals surface area contributed by atoms with E-state index >= 15 is 0 Å². The lowest BCUT2D eigenvalue weighted by Gasteiger charge is -2.59. The average molecular weight is 560 g/mol. The number of rotatable bonds is 2. The highest BCUT2D eigenvalue weighted by Crippen LogP contribution is 2.70. The SMILES string of the molecule is CC(=O)N1C[C@H](C)CC[C@]12O[C@H]1C[C@@H]3[C@@H]4CC=C5C[C@@H](OC(=O)c6ccccc6)CC[C@]5(C)[C@@H]4CC[C@]3(C)[C@H]1[C@@H]2C. The fourth-order valence-corrected chi connectivity index (χ4v) is 11.4. The molecule has 1 amide bonds. The van der Waals surface area contributed by atoms with Crippen LogP contribution in [0.2, 0.25) is 0 Å². The lowest BCUT2D eigenvalue weighted by Crippen LogP contribution is -2.60. The zero-order valence-electron chi connectivity index (χ0n) is 25.7. The third-order valence-electron chi connectivity index (χ3n) is 13.4. The number of ether oxygens (including phenoxy) is 2. The monoisotopic (exact) mass is 559 g/mol. The van der Waals surface area contributed by atoms with Gasteiger partial charge in [-0.15, -0.1) is 0 Å². The van der Waals surface area contributed by atoms with Crippen molar-refractivity contribution in [3.05, 3.63) is 47.5 Å². The van der Waals surface area contributed by atoms with E-state index in [0.29, 0.717) is 41.1 Å². The van der Waals surface area contributed by atoms with E-state index in [1.165, 1.54) is 18.4 Å². The number of likely N-dealkylation sites (tertiary alicyclic amines) is 1. The summed E-state index contributed by atoms with van der Waals surface area (Å²) in [6, 6.07) is 9.41. The Kier molecular flexibility index (Phi) is 6.54. The number of benzene rings is 1. The maximum Gasteiger partial charge on any atom is 0.338 e. The van der Waals surface area contributed by atoms with Crippen molar-refractivity contribution in [2.75, 3.05) is 6.54 Å². The molecular weight excluding hydrogens is 510 g/mol. The number of esters is 1. The molecule has 1 spiro atoms. The summed E-state index contributed by atoms with van der Waals surface area (Å²) in [5.74, 6) is 3.48. The molecule has 5 nitrogen and oxygen atoms in total. The van der Waals surface area contributed by atoms with E-state index in [9.17, 15) is 9.59 Å². The summed E-state index contributed by atoms with van der Waals surface area (Å²) >= 11 is 0. The molecule has 2 heterocycles. The van der Waals surface area contributed by atoms with Crippen molar-refractivity contribution >= 4 is 11.9 Å². The van der Waals surface area contributed by atoms with Gasteiger partial charge < -0.3 is 14.4 Å². The lowest BCUT2D eigenvalue weighted by atomic mass is 9.46. The maximum absolute atomic E-state index is 12.9. The van der Waals surface area contributed by atoms with Crippen LogP contribution in [0.25, 0.3) is 0 Å². The Labute approximate surface area is 246 Å². The molecule has 0 unspecified atom stereocenters. The first kappa shape index (κ1) is 27.7. The molecule has 5 heteroatoms. The van der Waals surface area contributed by atoms with Crippen LogP contribution in [0, 0.1) is 46.3 Å². The molecule has 0 radical (unpaired) electrons. The van der Waals surface area contributed by atoms with Crippen molar-refractivity contribution in [3.8, 4) is 0 Å². The zero-order valence-corrected chi connectivity index (χ0v) is 25.7. The van der Waals surface area contributed by atoms with Gasteiger partial charge in [0.25, 0.3) is 0 Å². The molecule has 6 aliphatic rings. The Balaban J connectivity index is 1.09. The summed E-state index contributed by atoms with van der Waals surface area (Å²) < 4.78 is 13.2. The Morgan fingerprint density at radius 1 is 1.00 bits per heavy atom. The quantitative estimate of drug-likeness (QED) is 0.280. The molecule has 41 heavy (non-hydrogen) atoms. The van der Waals surface area contributed by atoms with Gasteiger partial charge in [0.2, 0.25) is 5.91 Å². The predicted octanol–water partition coefficient (Wildman–Crippen LogP) is 7.41. The first-order valence-electron chi connectivity index (χ1n) is 16.5. The van der Waals surface area contributed by atoms with Crippen LogP contribution in [0.3, 0.4) is 0 Å². The number of piperidine rings is 1. The second kappa shape index (κ2) is 9.69. The molecule has 1 aromatic carbocycles. The van der Waals surface area contributed by atoms with Crippen LogP contribution in [0.15, 0.2) is 42.0 Å². The predicted molar refractivity (Wildman–Crippen MR) is 159 cm³/mol. The van der Waals surface area contributed by atoms with Crippen molar-refractivity contribution in [2.24, 2.45) is 46.3 Å². The van der Waals surface area contributed by atoms with E-state index in [2.05, 4.69) is 38.7 Å². The van der Waals surface area contributed by atoms with Crippen molar-refractivity contribution in [3.63, 3.8) is 0 Å². The largest absolute Gasteiger partial charge is 0.458 e. The molecule has 0 aromatic heterocycles. The summed E-state index contributed by atoms with van der Waals surface area (Å²) in [5.41, 5.74) is 2.25. The van der Waals surface area contributed by atoms with Crippen molar-refractivity contribution < 1.29 is 19.1 Å². The molecule has 222 valence electrons. The number of fused-ring (bicyclic) bond motifs is 7. The molecule has 0 N–H and O–H groups in total. The van der Waals surface area contributed by atoms with Crippen LogP contribution in [0.4, 0.5) is 0 Å². The molecule has 4 aliphatic carbocycles. The summed E-state index contributed by atoms with van der Waals surface area (Å²) in [6.07, 6.45) is 12.7. The Bertz CT molecular complexity index is 1240. The van der Waals surface area contributed by atoms with Crippen LogP contribution in [0.1, 0.15) is 103 Å². The third-order valence-corrected chi connectivity index (χ3v) is 13.4. The van der Waals surface area contributed by atoms with E-state index < -0.39 is 5.72 Å². The number of nitrogens with zero attached hydrogens (tertiary/aromatic N) is 1. The molecule has 2 aliphatic heterocycles. The smallest absolute Gasteiger partial charge is 0.338 e. The van der Waals surface area contributed by atoms with Crippen molar-refractivity contribution in [1.82, 2.24) is 4.90 Å². The molecule has 0 bridgehead atoms. The number of carbonyl (C=O) groups excluding carboxylic acids is 2. The van der Waals surface area contributed by atoms with Gasteiger partial charge in [-0.25, -0.2) is 4.79 Å². The molecule has 11 atom stereocenters. The second-order valence-electron chi connectivity index (χ2n) is 15.3. The number of hydrogen-bond donors (Lipinski definition) is 0. The number of carbonyl (C=O) groups is 2. The first-order chi connectivity index (χ1) is 19.6. The highest BCUT2D eigenvalue weighted by atomic mass is 16.5. The summed E-state index contributed by atoms with van der Waals surface area (Å²) in [6.45, 7) is 12.4. The summed E-state index contributed by atoms with van der Waals surface area (Å²) in [4.78, 5) is 27.7. The van der Waals surface area contributed by atoms with Crippen molar-refractivity contribution in [1.29, 1.82) is 0 Å². The zero-order chi connectivity index (χ0) is 28.7. The van der Waals surface area contributed by atoms with Crippen LogP contribution >= 0.6 is 0 Å². The van der Waals surface area contributed by atoms with Crippen LogP contribution in [-0.2, 0) is 14.3 Å². The fourth-order valence-electron chi connectivity index (χ4n) is 11.4. The minimum absolute atomic E-state index is 0.0221. The second-order valence-corrected chi connectivity index (χ2v) is 15.3. The van der Waals surface area contributed by atoms with Crippen LogP contribution < -0.4 is 0 Å². The highest BCUT2D eigenvalue weighted by molar-refractivity contribution is 5.89.